The summed E-state index contributed by atoms with van der Waals surface area (Å²) in [5, 5.41) is 3.98. The molecule has 0 radical (unpaired) electrons. The van der Waals surface area contributed by atoms with Gasteiger partial charge < -0.3 is 14.1 Å². The van der Waals surface area contributed by atoms with Gasteiger partial charge in [-0.05, 0) is 46.9 Å². The fourth-order valence-corrected chi connectivity index (χ4v) is 1.78. The second-order valence-corrected chi connectivity index (χ2v) is 5.42. The molecule has 0 aliphatic carbocycles. The molecular weight excluding hydrogens is 217 g/mol. The lowest BCUT2D eigenvalue weighted by atomic mass is 9.82. The Kier molecular flexibility index (Phi) is 4.61. The molecule has 98 valence electrons. The van der Waals surface area contributed by atoms with E-state index >= 15 is 0 Å². The van der Waals surface area contributed by atoms with E-state index in [9.17, 15) is 0 Å². The highest BCUT2D eigenvalue weighted by Crippen LogP contribution is 2.37. The van der Waals surface area contributed by atoms with Crippen LogP contribution >= 0.6 is 0 Å². The van der Waals surface area contributed by atoms with Crippen LogP contribution in [0.1, 0.15) is 47.5 Å². The number of nitrogens with zero attached hydrogens (tertiary/aromatic N) is 1. The normalized spacial score (nSPS) is 22.9. The molecule has 0 aromatic carbocycles. The first kappa shape index (κ1) is 14.5. The Morgan fingerprint density at radius 3 is 2.12 bits per heavy atom. The third-order valence-corrected chi connectivity index (χ3v) is 3.60. The van der Waals surface area contributed by atoms with Crippen LogP contribution in [-0.2, 0) is 14.1 Å². The predicted octanol–water partition coefficient (Wildman–Crippen LogP) is 2.88. The van der Waals surface area contributed by atoms with Crippen LogP contribution in [0.2, 0.25) is 6.32 Å². The second kappa shape index (κ2) is 5.40. The van der Waals surface area contributed by atoms with Crippen molar-refractivity contribution in [2.75, 3.05) is 7.11 Å². The minimum absolute atomic E-state index is 0.145. The molecule has 0 aromatic rings. The lowest BCUT2D eigenvalue weighted by Gasteiger charge is -2.32. The molecule has 0 bridgehead atoms. The Morgan fingerprint density at radius 1 is 1.18 bits per heavy atom. The van der Waals surface area contributed by atoms with E-state index < -0.39 is 0 Å². The Balaban J connectivity index is 2.48. The maximum absolute atomic E-state index is 5.92. The van der Waals surface area contributed by atoms with Crippen molar-refractivity contribution >= 4 is 12.8 Å². The molecule has 1 aliphatic heterocycles. The van der Waals surface area contributed by atoms with Crippen LogP contribution in [-0.4, -0.2) is 31.1 Å². The van der Waals surface area contributed by atoms with E-state index in [2.05, 4.69) is 39.8 Å². The number of rotatable bonds is 5. The van der Waals surface area contributed by atoms with Crippen molar-refractivity contribution < 1.29 is 14.1 Å². The highest BCUT2D eigenvalue weighted by atomic mass is 16.7. The summed E-state index contributed by atoms with van der Waals surface area (Å²) in [5.41, 5.74) is 0.549. The van der Waals surface area contributed by atoms with Crippen LogP contribution in [0, 0.1) is 0 Å². The maximum Gasteiger partial charge on any atom is 0.458 e. The number of hydrogen-bond acceptors (Lipinski definition) is 4. The zero-order valence-corrected chi connectivity index (χ0v) is 11.9. The van der Waals surface area contributed by atoms with E-state index in [1.807, 2.05) is 0 Å². The largest absolute Gasteiger partial charge is 0.458 e. The zero-order valence-electron chi connectivity index (χ0n) is 11.9. The summed E-state index contributed by atoms with van der Waals surface area (Å²) in [6.45, 7) is 10.3. The first-order chi connectivity index (χ1) is 7.82. The molecule has 0 N–H and O–H groups in total. The molecule has 0 saturated carbocycles. The lowest BCUT2D eigenvalue weighted by Crippen LogP contribution is -2.41. The third kappa shape index (κ3) is 3.46. The zero-order chi connectivity index (χ0) is 13.1. The molecule has 1 rings (SSSR count). The molecule has 1 fully saturated rings. The van der Waals surface area contributed by atoms with E-state index in [0.29, 0.717) is 0 Å². The van der Waals surface area contributed by atoms with Crippen molar-refractivity contribution in [2.24, 2.45) is 5.16 Å². The van der Waals surface area contributed by atoms with Crippen molar-refractivity contribution in [3.05, 3.63) is 0 Å². The fourth-order valence-electron chi connectivity index (χ4n) is 1.78. The average Bonchev–Trinajstić information content (AvgIpc) is 2.42. The summed E-state index contributed by atoms with van der Waals surface area (Å²) in [5.74, 6) is 0. The summed E-state index contributed by atoms with van der Waals surface area (Å²) >= 11 is 0. The van der Waals surface area contributed by atoms with Gasteiger partial charge in [-0.3, -0.25) is 0 Å². The van der Waals surface area contributed by atoms with Gasteiger partial charge in [0.15, 0.2) is 0 Å². The molecule has 0 atom stereocenters. The van der Waals surface area contributed by atoms with Crippen LogP contribution in [0.5, 0.6) is 0 Å². The van der Waals surface area contributed by atoms with Crippen LogP contribution in [0.15, 0.2) is 5.16 Å². The minimum Gasteiger partial charge on any atom is -0.403 e. The van der Waals surface area contributed by atoms with Gasteiger partial charge in [-0.25, -0.2) is 0 Å². The summed E-state index contributed by atoms with van der Waals surface area (Å²) in [6, 6.07) is 0. The highest BCUT2D eigenvalue weighted by molar-refractivity contribution is 6.45. The quantitative estimate of drug-likeness (QED) is 0.422. The Labute approximate surface area is 105 Å². The molecule has 5 heteroatoms. The van der Waals surface area contributed by atoms with E-state index in [1.165, 1.54) is 0 Å². The van der Waals surface area contributed by atoms with Gasteiger partial charge in [-0.2, -0.15) is 0 Å². The maximum atomic E-state index is 5.92. The molecule has 0 aromatic heterocycles. The second-order valence-electron chi connectivity index (χ2n) is 5.42. The molecule has 1 heterocycles. The molecule has 0 unspecified atom stereocenters. The summed E-state index contributed by atoms with van der Waals surface area (Å²) < 4.78 is 11.8. The smallest absolute Gasteiger partial charge is 0.403 e. The van der Waals surface area contributed by atoms with Gasteiger partial charge in [0.2, 0.25) is 0 Å². The highest BCUT2D eigenvalue weighted by Gasteiger charge is 2.50. The van der Waals surface area contributed by atoms with Gasteiger partial charge in [0.05, 0.1) is 16.9 Å². The van der Waals surface area contributed by atoms with Crippen molar-refractivity contribution in [3.63, 3.8) is 0 Å². The first-order valence-electron chi connectivity index (χ1n) is 6.27. The lowest BCUT2D eigenvalue weighted by molar-refractivity contribution is 0.00578. The van der Waals surface area contributed by atoms with E-state index in [-0.39, 0.29) is 18.3 Å². The van der Waals surface area contributed by atoms with Crippen LogP contribution in [0.4, 0.5) is 0 Å². The van der Waals surface area contributed by atoms with Gasteiger partial charge in [0.1, 0.15) is 7.11 Å². The summed E-state index contributed by atoms with van der Waals surface area (Å²) in [7, 11) is 1.43. The van der Waals surface area contributed by atoms with Crippen molar-refractivity contribution in [1.29, 1.82) is 0 Å². The van der Waals surface area contributed by atoms with Gasteiger partial charge in [-0.1, -0.05) is 12.1 Å². The average molecular weight is 241 g/mol. The Morgan fingerprint density at radius 2 is 1.71 bits per heavy atom. The Hall–Kier alpha value is -0.545. The van der Waals surface area contributed by atoms with Crippen molar-refractivity contribution in [1.82, 2.24) is 0 Å². The summed E-state index contributed by atoms with van der Waals surface area (Å²) in [6.07, 6.45) is 2.57. The van der Waals surface area contributed by atoms with Gasteiger partial charge in [0, 0.05) is 0 Å². The van der Waals surface area contributed by atoms with Crippen LogP contribution in [0.25, 0.3) is 0 Å². The first-order valence-corrected chi connectivity index (χ1v) is 6.27. The van der Waals surface area contributed by atoms with E-state index in [1.54, 1.807) is 7.11 Å². The monoisotopic (exact) mass is 241 g/mol. The molecule has 4 nitrogen and oxygen atoms in total. The molecule has 1 aliphatic rings. The van der Waals surface area contributed by atoms with Gasteiger partial charge >= 0.3 is 7.12 Å². The topological polar surface area (TPSA) is 40.0 Å². The van der Waals surface area contributed by atoms with Crippen molar-refractivity contribution in [2.45, 2.75) is 65.0 Å². The van der Waals surface area contributed by atoms with Gasteiger partial charge in [0.25, 0.3) is 0 Å². The predicted molar refractivity (Wildman–Crippen MR) is 70.2 cm³/mol. The number of hydrogen-bond donors (Lipinski definition) is 0. The standard InChI is InChI=1S/C12H24BNO3/c1-7-10(14-15-6)8-9-13-16-11(2,3)12(4,5)17-13/h7-9H2,1-6H3/b14-10+. The van der Waals surface area contributed by atoms with Crippen LogP contribution in [0.3, 0.4) is 0 Å². The summed E-state index contributed by atoms with van der Waals surface area (Å²) in [4.78, 5) is 4.80. The molecule has 1 saturated heterocycles. The SMILES string of the molecule is CC/C(CCB1OC(C)(C)C(C)(C)O1)=N\OC. The van der Waals surface area contributed by atoms with Crippen LogP contribution < -0.4 is 0 Å². The fraction of sp³-hybridized carbons (Fsp3) is 0.917. The number of oxime groups is 1. The molecular formula is C12H24BNO3. The van der Waals surface area contributed by atoms with E-state index in [0.717, 1.165) is 24.9 Å². The minimum atomic E-state index is -0.248. The third-order valence-electron chi connectivity index (χ3n) is 3.60. The molecule has 17 heavy (non-hydrogen) atoms. The van der Waals surface area contributed by atoms with Crippen molar-refractivity contribution in [3.8, 4) is 0 Å². The molecule has 0 spiro atoms. The molecule has 0 amide bonds. The Bertz CT molecular complexity index is 273. The van der Waals surface area contributed by atoms with Gasteiger partial charge in [-0.15, -0.1) is 0 Å². The van der Waals surface area contributed by atoms with E-state index in [4.69, 9.17) is 14.1 Å².